The number of aromatic nitrogens is 2. The van der Waals surface area contributed by atoms with Crippen LogP contribution in [0, 0.1) is 11.6 Å². The van der Waals surface area contributed by atoms with Gasteiger partial charge in [-0.25, -0.2) is 18.7 Å². The van der Waals surface area contributed by atoms with E-state index in [9.17, 15) is 18.4 Å². The normalized spacial score (nSPS) is 10.5. The molecule has 0 unspecified atom stereocenters. The molecule has 0 aliphatic rings. The number of hydrogen-bond donors (Lipinski definition) is 3. The summed E-state index contributed by atoms with van der Waals surface area (Å²) in [6, 6.07) is 8.19. The van der Waals surface area contributed by atoms with Gasteiger partial charge in [0.25, 0.3) is 11.8 Å². The van der Waals surface area contributed by atoms with Crippen LogP contribution in [0.2, 0.25) is 5.02 Å². The van der Waals surface area contributed by atoms with E-state index in [0.717, 1.165) is 12.1 Å². The van der Waals surface area contributed by atoms with E-state index in [4.69, 9.17) is 17.3 Å². The van der Waals surface area contributed by atoms with E-state index >= 15 is 0 Å². The lowest BCUT2D eigenvalue weighted by Gasteiger charge is -2.10. The Bertz CT molecular complexity index is 1140. The lowest BCUT2D eigenvalue weighted by molar-refractivity contribution is 0.0945. The number of carbonyl (C=O) groups is 2. The number of halogens is 3. The molecule has 2 amide bonds. The van der Waals surface area contributed by atoms with Gasteiger partial charge in [-0.2, -0.15) is 0 Å². The minimum atomic E-state index is -0.779. The molecule has 3 aromatic rings. The van der Waals surface area contributed by atoms with E-state index in [-0.39, 0.29) is 34.2 Å². The second-order valence-electron chi connectivity index (χ2n) is 6.15. The van der Waals surface area contributed by atoms with Crippen LogP contribution in [0.1, 0.15) is 26.4 Å². The van der Waals surface area contributed by atoms with Gasteiger partial charge in [-0.05, 0) is 24.3 Å². The smallest absolute Gasteiger partial charge is 0.273 e. The molecule has 0 fully saturated rings. The van der Waals surface area contributed by atoms with Crippen molar-refractivity contribution in [3.63, 3.8) is 0 Å². The van der Waals surface area contributed by atoms with Crippen molar-refractivity contribution in [2.45, 2.75) is 6.54 Å². The second-order valence-corrected chi connectivity index (χ2v) is 6.53. The lowest BCUT2D eigenvalue weighted by Crippen LogP contribution is -2.23. The molecule has 7 nitrogen and oxygen atoms in total. The standard InChI is InChI=1S/C20H16ClF2N5O2/c1-25-20(30)17-18(24)26-9-15(28-17)10-3-2-4-11(7-10)19(29)27-8-12-13(22)5-6-14(23)16(12)21/h2-7,9H,8H2,1H3,(H2,24,26)(H,25,30)(H,27,29). The predicted octanol–water partition coefficient (Wildman–Crippen LogP) is 2.95. The Labute approximate surface area is 175 Å². The Balaban J connectivity index is 1.83. The molecule has 0 aliphatic heterocycles. The van der Waals surface area contributed by atoms with E-state index in [1.54, 1.807) is 12.1 Å². The molecule has 1 heterocycles. The van der Waals surface area contributed by atoms with Gasteiger partial charge < -0.3 is 16.4 Å². The molecule has 1 aromatic heterocycles. The Hall–Kier alpha value is -3.59. The Morgan fingerprint density at radius 1 is 1.13 bits per heavy atom. The Morgan fingerprint density at radius 3 is 2.60 bits per heavy atom. The Morgan fingerprint density at radius 2 is 1.87 bits per heavy atom. The van der Waals surface area contributed by atoms with Crippen LogP contribution in [0.15, 0.2) is 42.6 Å². The van der Waals surface area contributed by atoms with Crippen LogP contribution >= 0.6 is 11.6 Å². The molecule has 154 valence electrons. The predicted molar refractivity (Wildman–Crippen MR) is 108 cm³/mol. The molecule has 0 saturated carbocycles. The topological polar surface area (TPSA) is 110 Å². The summed E-state index contributed by atoms with van der Waals surface area (Å²) in [6.45, 7) is -0.298. The monoisotopic (exact) mass is 431 g/mol. The van der Waals surface area contributed by atoms with Crippen molar-refractivity contribution >= 4 is 29.2 Å². The fourth-order valence-electron chi connectivity index (χ4n) is 2.64. The number of carbonyl (C=O) groups excluding carboxylic acids is 2. The number of rotatable bonds is 5. The first-order valence-electron chi connectivity index (χ1n) is 8.67. The van der Waals surface area contributed by atoms with Crippen LogP contribution in [0.25, 0.3) is 11.3 Å². The molecular weight excluding hydrogens is 416 g/mol. The van der Waals surface area contributed by atoms with E-state index in [2.05, 4.69) is 20.6 Å². The number of nitrogens with zero attached hydrogens (tertiary/aromatic N) is 2. The van der Waals surface area contributed by atoms with Gasteiger partial charge in [0.1, 0.15) is 11.6 Å². The van der Waals surface area contributed by atoms with Crippen molar-refractivity contribution in [3.8, 4) is 11.3 Å². The lowest BCUT2D eigenvalue weighted by atomic mass is 10.1. The van der Waals surface area contributed by atoms with Crippen LogP contribution in [0.3, 0.4) is 0 Å². The van der Waals surface area contributed by atoms with Gasteiger partial charge in [-0.3, -0.25) is 9.59 Å². The minimum absolute atomic E-state index is 0.0269. The largest absolute Gasteiger partial charge is 0.382 e. The van der Waals surface area contributed by atoms with Crippen molar-refractivity contribution < 1.29 is 18.4 Å². The highest BCUT2D eigenvalue weighted by atomic mass is 35.5. The zero-order chi connectivity index (χ0) is 21.8. The van der Waals surface area contributed by atoms with Crippen LogP contribution < -0.4 is 16.4 Å². The van der Waals surface area contributed by atoms with E-state index in [1.165, 1.54) is 25.4 Å². The quantitative estimate of drug-likeness (QED) is 0.538. The van der Waals surface area contributed by atoms with Crippen LogP contribution in [0.5, 0.6) is 0 Å². The number of nitrogens with two attached hydrogens (primary N) is 1. The summed E-state index contributed by atoms with van der Waals surface area (Å²) in [5.74, 6) is -2.57. The summed E-state index contributed by atoms with van der Waals surface area (Å²) < 4.78 is 27.4. The first-order valence-corrected chi connectivity index (χ1v) is 9.05. The summed E-state index contributed by atoms with van der Waals surface area (Å²) in [7, 11) is 1.44. The number of benzene rings is 2. The molecular formula is C20H16ClF2N5O2. The van der Waals surface area contributed by atoms with Crippen LogP contribution in [-0.2, 0) is 6.54 Å². The van der Waals surface area contributed by atoms with Gasteiger partial charge in [0.2, 0.25) is 0 Å². The average molecular weight is 432 g/mol. The third kappa shape index (κ3) is 4.36. The van der Waals surface area contributed by atoms with E-state index in [0.29, 0.717) is 11.3 Å². The van der Waals surface area contributed by atoms with Gasteiger partial charge >= 0.3 is 0 Å². The molecule has 0 radical (unpaired) electrons. The molecule has 30 heavy (non-hydrogen) atoms. The summed E-state index contributed by atoms with van der Waals surface area (Å²) >= 11 is 5.77. The minimum Gasteiger partial charge on any atom is -0.382 e. The summed E-state index contributed by atoms with van der Waals surface area (Å²) in [5.41, 5.74) is 6.57. The summed E-state index contributed by atoms with van der Waals surface area (Å²) in [6.07, 6.45) is 1.38. The molecule has 0 bridgehead atoms. The maximum atomic E-state index is 13.9. The fraction of sp³-hybridized carbons (Fsp3) is 0.100. The van der Waals surface area contributed by atoms with Gasteiger partial charge in [0, 0.05) is 30.3 Å². The molecule has 0 spiro atoms. The van der Waals surface area contributed by atoms with E-state index in [1.807, 2.05) is 0 Å². The number of nitrogen functional groups attached to an aromatic ring is 1. The van der Waals surface area contributed by atoms with Gasteiger partial charge in [-0.1, -0.05) is 23.7 Å². The number of hydrogen-bond acceptors (Lipinski definition) is 5. The van der Waals surface area contributed by atoms with Crippen molar-refractivity contribution in [1.29, 1.82) is 0 Å². The maximum absolute atomic E-state index is 13.9. The van der Waals surface area contributed by atoms with Crippen LogP contribution in [0.4, 0.5) is 14.6 Å². The SMILES string of the molecule is CNC(=O)c1nc(-c2cccc(C(=O)NCc3c(F)ccc(F)c3Cl)c2)cnc1N. The van der Waals surface area contributed by atoms with Gasteiger partial charge in [-0.15, -0.1) is 0 Å². The third-order valence-electron chi connectivity index (χ3n) is 4.23. The highest BCUT2D eigenvalue weighted by Crippen LogP contribution is 2.23. The molecule has 0 aliphatic carbocycles. The number of nitrogens with one attached hydrogen (secondary N) is 2. The van der Waals surface area contributed by atoms with Gasteiger partial charge in [0.05, 0.1) is 16.9 Å². The first kappa shape index (κ1) is 21.1. The highest BCUT2D eigenvalue weighted by Gasteiger charge is 2.16. The highest BCUT2D eigenvalue weighted by molar-refractivity contribution is 6.31. The molecule has 0 atom stereocenters. The summed E-state index contributed by atoms with van der Waals surface area (Å²) in [5, 5.41) is 4.54. The maximum Gasteiger partial charge on any atom is 0.273 e. The second kappa shape index (κ2) is 8.83. The molecule has 3 rings (SSSR count). The molecule has 2 aromatic carbocycles. The molecule has 10 heteroatoms. The van der Waals surface area contributed by atoms with Crippen molar-refractivity contribution in [2.24, 2.45) is 0 Å². The zero-order valence-corrected chi connectivity index (χ0v) is 16.4. The molecule has 4 N–H and O–H groups in total. The van der Waals surface area contributed by atoms with Crippen molar-refractivity contribution in [2.75, 3.05) is 12.8 Å². The average Bonchev–Trinajstić information content (AvgIpc) is 2.76. The zero-order valence-electron chi connectivity index (χ0n) is 15.7. The fourth-order valence-corrected chi connectivity index (χ4v) is 2.86. The van der Waals surface area contributed by atoms with Gasteiger partial charge in [0.15, 0.2) is 11.5 Å². The number of amides is 2. The van der Waals surface area contributed by atoms with E-state index < -0.39 is 23.4 Å². The Kier molecular flexibility index (Phi) is 6.22. The number of anilines is 1. The summed E-state index contributed by atoms with van der Waals surface area (Å²) in [4.78, 5) is 32.5. The van der Waals surface area contributed by atoms with Crippen LogP contribution in [-0.4, -0.2) is 28.8 Å². The van der Waals surface area contributed by atoms with Crippen molar-refractivity contribution in [3.05, 3.63) is 76.1 Å². The first-order chi connectivity index (χ1) is 14.3. The third-order valence-corrected chi connectivity index (χ3v) is 4.64. The van der Waals surface area contributed by atoms with Crippen molar-refractivity contribution in [1.82, 2.24) is 20.6 Å². The molecule has 0 saturated heterocycles.